The zero-order valence-corrected chi connectivity index (χ0v) is 16.0. The van der Waals surface area contributed by atoms with Gasteiger partial charge in [0.25, 0.3) is 0 Å². The first-order chi connectivity index (χ1) is 11.9. The van der Waals surface area contributed by atoms with Crippen molar-refractivity contribution in [2.45, 2.75) is 33.1 Å². The van der Waals surface area contributed by atoms with Crippen LogP contribution < -0.4 is 0 Å². The van der Waals surface area contributed by atoms with E-state index in [4.69, 9.17) is 0 Å². The largest absolute Gasteiger partial charge is 0.347 e. The van der Waals surface area contributed by atoms with E-state index in [2.05, 4.69) is 81.9 Å². The Balaban J connectivity index is 0.000000569. The van der Waals surface area contributed by atoms with Gasteiger partial charge in [-0.2, -0.15) is 0 Å². The zero-order valence-electron chi connectivity index (χ0n) is 16.0. The molecule has 0 saturated carbocycles. The monoisotopic (exact) mass is 329 g/mol. The summed E-state index contributed by atoms with van der Waals surface area (Å²) in [5.74, 6) is 0. The van der Waals surface area contributed by atoms with Crippen LogP contribution in [0.4, 0.5) is 0 Å². The van der Waals surface area contributed by atoms with E-state index in [1.807, 2.05) is 13.0 Å². The third kappa shape index (κ3) is 2.38. The van der Waals surface area contributed by atoms with Gasteiger partial charge in [0.2, 0.25) is 0 Å². The van der Waals surface area contributed by atoms with Crippen molar-refractivity contribution in [1.82, 2.24) is 4.57 Å². The fourth-order valence-corrected chi connectivity index (χ4v) is 4.04. The molecule has 3 aromatic rings. The van der Waals surface area contributed by atoms with E-state index < -0.39 is 0 Å². The molecule has 0 radical (unpaired) electrons. The molecule has 0 aliphatic heterocycles. The first kappa shape index (κ1) is 17.3. The Morgan fingerprint density at radius 1 is 1.00 bits per heavy atom. The predicted molar refractivity (Wildman–Crippen MR) is 111 cm³/mol. The highest BCUT2D eigenvalue weighted by atomic mass is 14.9. The minimum absolute atomic E-state index is 0.0621. The summed E-state index contributed by atoms with van der Waals surface area (Å²) >= 11 is 0. The predicted octanol–water partition coefficient (Wildman–Crippen LogP) is 6.63. The van der Waals surface area contributed by atoms with Crippen LogP contribution in [0.15, 0.2) is 55.6 Å². The topological polar surface area (TPSA) is 4.93 Å². The first-order valence-corrected chi connectivity index (χ1v) is 8.81. The Morgan fingerprint density at radius 2 is 1.64 bits per heavy atom. The summed E-state index contributed by atoms with van der Waals surface area (Å²) in [4.78, 5) is 0. The molecule has 2 aromatic carbocycles. The maximum atomic E-state index is 4.01. The Bertz CT molecular complexity index is 983. The second-order valence-electron chi connectivity index (χ2n) is 7.26. The molecule has 0 unspecified atom stereocenters. The summed E-state index contributed by atoms with van der Waals surface area (Å²) in [7, 11) is 2.14. The van der Waals surface area contributed by atoms with Crippen LogP contribution in [-0.2, 0) is 12.5 Å². The van der Waals surface area contributed by atoms with Crippen LogP contribution in [0.25, 0.3) is 28.1 Å². The summed E-state index contributed by atoms with van der Waals surface area (Å²) in [6.45, 7) is 16.1. The molecular weight excluding hydrogens is 302 g/mol. The van der Waals surface area contributed by atoms with Gasteiger partial charge in [-0.25, -0.2) is 0 Å². The third-order valence-corrected chi connectivity index (χ3v) is 5.45. The highest BCUT2D eigenvalue weighted by Crippen LogP contribution is 2.50. The summed E-state index contributed by atoms with van der Waals surface area (Å²) in [5, 5.41) is 1.31. The Hall–Kier alpha value is -2.54. The van der Waals surface area contributed by atoms with E-state index in [-0.39, 0.29) is 5.41 Å². The number of allylic oxidation sites excluding steroid dienone is 1. The van der Waals surface area contributed by atoms with Gasteiger partial charge in [0.15, 0.2) is 0 Å². The molecule has 1 aliphatic carbocycles. The molecule has 1 aliphatic rings. The maximum absolute atomic E-state index is 4.01. The maximum Gasteiger partial charge on any atom is 0.0489 e. The molecule has 0 saturated heterocycles. The minimum Gasteiger partial charge on any atom is -0.347 e. The molecule has 25 heavy (non-hydrogen) atoms. The lowest BCUT2D eigenvalue weighted by atomic mass is 9.82. The molecule has 0 fully saturated rings. The number of fused-ring (bicyclic) bond motifs is 4. The van der Waals surface area contributed by atoms with Crippen molar-refractivity contribution in [1.29, 1.82) is 0 Å². The fraction of sp³-hybridized carbons (Fsp3) is 0.250. The SMILES string of the molecule is C=CC.C=Cc1c(C)n(C)c2cc3c(cc12)-c1ccccc1C3(C)C. The van der Waals surface area contributed by atoms with Gasteiger partial charge in [-0.05, 0) is 48.2 Å². The van der Waals surface area contributed by atoms with Crippen LogP contribution in [-0.4, -0.2) is 4.57 Å². The van der Waals surface area contributed by atoms with Crippen molar-refractivity contribution in [3.63, 3.8) is 0 Å². The van der Waals surface area contributed by atoms with E-state index >= 15 is 0 Å². The molecule has 1 heteroatoms. The van der Waals surface area contributed by atoms with Crippen molar-refractivity contribution in [2.75, 3.05) is 0 Å². The molecule has 0 amide bonds. The smallest absolute Gasteiger partial charge is 0.0489 e. The van der Waals surface area contributed by atoms with Gasteiger partial charge in [0.05, 0.1) is 0 Å². The molecule has 1 nitrogen and oxygen atoms in total. The van der Waals surface area contributed by atoms with E-state index in [0.717, 1.165) is 0 Å². The lowest BCUT2D eigenvalue weighted by Gasteiger charge is -2.21. The summed E-state index contributed by atoms with van der Waals surface area (Å²) in [6, 6.07) is 13.5. The van der Waals surface area contributed by atoms with Crippen LogP contribution in [0.5, 0.6) is 0 Å². The number of rotatable bonds is 1. The molecule has 1 aromatic heterocycles. The normalized spacial score (nSPS) is 13.6. The number of benzene rings is 2. The van der Waals surface area contributed by atoms with Gasteiger partial charge >= 0.3 is 0 Å². The molecule has 0 bridgehead atoms. The van der Waals surface area contributed by atoms with Crippen molar-refractivity contribution in [2.24, 2.45) is 7.05 Å². The number of aryl methyl sites for hydroxylation is 1. The third-order valence-electron chi connectivity index (χ3n) is 5.45. The van der Waals surface area contributed by atoms with Crippen LogP contribution in [0.1, 0.15) is 43.2 Å². The summed E-state index contributed by atoms with van der Waals surface area (Å²) in [5.41, 5.74) is 9.50. The lowest BCUT2D eigenvalue weighted by molar-refractivity contribution is 0.660. The van der Waals surface area contributed by atoms with Gasteiger partial charge in [0, 0.05) is 34.6 Å². The van der Waals surface area contributed by atoms with Crippen molar-refractivity contribution in [3.8, 4) is 11.1 Å². The number of nitrogens with zero attached hydrogens (tertiary/aromatic N) is 1. The van der Waals surface area contributed by atoms with Gasteiger partial charge in [0.1, 0.15) is 0 Å². The van der Waals surface area contributed by atoms with E-state index in [1.54, 1.807) is 6.08 Å². The highest BCUT2D eigenvalue weighted by molar-refractivity contribution is 5.97. The van der Waals surface area contributed by atoms with Gasteiger partial charge in [-0.1, -0.05) is 56.8 Å². The molecule has 1 heterocycles. The molecule has 0 atom stereocenters. The van der Waals surface area contributed by atoms with E-state index in [1.165, 1.54) is 44.4 Å². The average Bonchev–Trinajstić information content (AvgIpc) is 2.97. The van der Waals surface area contributed by atoms with Crippen LogP contribution >= 0.6 is 0 Å². The second-order valence-corrected chi connectivity index (χ2v) is 7.26. The lowest BCUT2D eigenvalue weighted by Crippen LogP contribution is -2.14. The molecule has 0 N–H and O–H groups in total. The van der Waals surface area contributed by atoms with Crippen molar-refractivity contribution in [3.05, 3.63) is 78.0 Å². The van der Waals surface area contributed by atoms with Crippen LogP contribution in [0.3, 0.4) is 0 Å². The quantitative estimate of drug-likeness (QED) is 0.442. The average molecular weight is 329 g/mol. The summed E-state index contributed by atoms with van der Waals surface area (Å²) in [6.07, 6.45) is 3.73. The fourth-order valence-electron chi connectivity index (χ4n) is 4.04. The molecule has 128 valence electrons. The van der Waals surface area contributed by atoms with E-state index in [9.17, 15) is 0 Å². The Morgan fingerprint density at radius 3 is 2.28 bits per heavy atom. The number of hydrogen-bond acceptors (Lipinski definition) is 0. The van der Waals surface area contributed by atoms with Crippen molar-refractivity contribution < 1.29 is 0 Å². The first-order valence-electron chi connectivity index (χ1n) is 8.81. The Kier molecular flexibility index (Phi) is 4.20. The molecule has 0 spiro atoms. The molecular formula is C24H27N. The van der Waals surface area contributed by atoms with Gasteiger partial charge in [-0.3, -0.25) is 0 Å². The number of hydrogen-bond donors (Lipinski definition) is 0. The second kappa shape index (κ2) is 6.07. The van der Waals surface area contributed by atoms with Crippen molar-refractivity contribution >= 4 is 17.0 Å². The summed E-state index contributed by atoms with van der Waals surface area (Å²) < 4.78 is 2.28. The van der Waals surface area contributed by atoms with E-state index in [0.29, 0.717) is 0 Å². The minimum atomic E-state index is 0.0621. The standard InChI is InChI=1S/C21H21N.C3H6/c1-6-14-13(2)22(5)20-12-19-16(11-17(14)20)15-9-7-8-10-18(15)21(19,3)4;1-3-2/h6-12H,1H2,2-5H3;3H,1H2,2H3. The zero-order chi connectivity index (χ0) is 18.4. The van der Waals surface area contributed by atoms with Gasteiger partial charge in [-0.15, -0.1) is 6.58 Å². The Labute approximate surface area is 151 Å². The highest BCUT2D eigenvalue weighted by Gasteiger charge is 2.35. The van der Waals surface area contributed by atoms with Crippen LogP contribution in [0, 0.1) is 6.92 Å². The molecule has 4 rings (SSSR count). The van der Waals surface area contributed by atoms with Gasteiger partial charge < -0.3 is 4.57 Å². The van der Waals surface area contributed by atoms with Crippen LogP contribution in [0.2, 0.25) is 0 Å². The number of aromatic nitrogens is 1.